The van der Waals surface area contributed by atoms with Gasteiger partial charge in [0.15, 0.2) is 12.5 Å². The van der Waals surface area contributed by atoms with E-state index in [4.69, 9.17) is 4.74 Å². The molecular formula is C10H17NO3. The summed E-state index contributed by atoms with van der Waals surface area (Å²) in [6.07, 6.45) is 3.02. The Morgan fingerprint density at radius 2 is 2.14 bits per heavy atom. The van der Waals surface area contributed by atoms with Gasteiger partial charge in [0.1, 0.15) is 0 Å². The van der Waals surface area contributed by atoms with Crippen LogP contribution in [0, 0.1) is 5.92 Å². The van der Waals surface area contributed by atoms with E-state index in [0.29, 0.717) is 25.2 Å². The van der Waals surface area contributed by atoms with E-state index in [9.17, 15) is 9.59 Å². The van der Waals surface area contributed by atoms with Crippen molar-refractivity contribution < 1.29 is 14.3 Å². The van der Waals surface area contributed by atoms with Crippen LogP contribution in [0.15, 0.2) is 0 Å². The lowest BCUT2D eigenvalue weighted by Gasteiger charge is -2.25. The third-order valence-corrected chi connectivity index (χ3v) is 2.58. The Morgan fingerprint density at radius 3 is 2.50 bits per heavy atom. The van der Waals surface area contributed by atoms with Crippen LogP contribution in [0.4, 0.5) is 0 Å². The molecule has 4 heteroatoms. The Hall–Kier alpha value is -0.900. The standard InChI is InChI=1S/C10H17NO3/c1-3-11(7-13)10(6-12)14-8(2)9-4-5-9/h6-10H,3-5H2,1-2H3. The Kier molecular flexibility index (Phi) is 4.07. The maximum absolute atomic E-state index is 10.7. The highest BCUT2D eigenvalue weighted by molar-refractivity contribution is 5.61. The molecule has 0 saturated heterocycles. The van der Waals surface area contributed by atoms with Crippen molar-refractivity contribution >= 4 is 12.7 Å². The summed E-state index contributed by atoms with van der Waals surface area (Å²) >= 11 is 0. The number of hydrogen-bond donors (Lipinski definition) is 0. The Bertz CT molecular complexity index is 204. The molecule has 0 aromatic heterocycles. The van der Waals surface area contributed by atoms with Gasteiger partial charge in [-0.05, 0) is 32.6 Å². The van der Waals surface area contributed by atoms with Gasteiger partial charge in [0.05, 0.1) is 6.10 Å². The van der Waals surface area contributed by atoms with Crippen molar-refractivity contribution in [1.82, 2.24) is 4.90 Å². The van der Waals surface area contributed by atoms with E-state index < -0.39 is 6.23 Å². The van der Waals surface area contributed by atoms with E-state index in [1.807, 2.05) is 13.8 Å². The van der Waals surface area contributed by atoms with Gasteiger partial charge in [0.2, 0.25) is 6.41 Å². The van der Waals surface area contributed by atoms with Crippen molar-refractivity contribution in [2.45, 2.75) is 39.0 Å². The molecule has 14 heavy (non-hydrogen) atoms. The van der Waals surface area contributed by atoms with Crippen LogP contribution in [0.25, 0.3) is 0 Å². The van der Waals surface area contributed by atoms with Crippen LogP contribution in [0.5, 0.6) is 0 Å². The molecule has 0 heterocycles. The SMILES string of the molecule is CCN(C=O)C(C=O)OC(C)C1CC1. The van der Waals surface area contributed by atoms with Gasteiger partial charge >= 0.3 is 0 Å². The van der Waals surface area contributed by atoms with Crippen LogP contribution >= 0.6 is 0 Å². The molecule has 1 saturated carbocycles. The van der Waals surface area contributed by atoms with Crippen molar-refractivity contribution in [3.05, 3.63) is 0 Å². The van der Waals surface area contributed by atoms with Crippen LogP contribution in [-0.4, -0.2) is 36.5 Å². The van der Waals surface area contributed by atoms with Gasteiger partial charge in [-0.1, -0.05) is 0 Å². The van der Waals surface area contributed by atoms with E-state index in [1.54, 1.807) is 0 Å². The third-order valence-electron chi connectivity index (χ3n) is 2.58. The average Bonchev–Trinajstić information content (AvgIpc) is 3.01. The number of aldehydes is 1. The fourth-order valence-corrected chi connectivity index (χ4v) is 1.40. The Balaban J connectivity index is 2.42. The van der Waals surface area contributed by atoms with Crippen LogP contribution in [0.2, 0.25) is 0 Å². The first-order valence-corrected chi connectivity index (χ1v) is 5.04. The zero-order valence-electron chi connectivity index (χ0n) is 8.68. The second kappa shape index (κ2) is 5.10. The number of rotatable bonds is 7. The number of ether oxygens (including phenoxy) is 1. The van der Waals surface area contributed by atoms with Gasteiger partial charge in [-0.15, -0.1) is 0 Å². The molecule has 1 aliphatic rings. The summed E-state index contributed by atoms with van der Waals surface area (Å²) in [5.41, 5.74) is 0. The van der Waals surface area contributed by atoms with Crippen molar-refractivity contribution in [2.75, 3.05) is 6.54 Å². The lowest BCUT2D eigenvalue weighted by Crippen LogP contribution is -2.39. The predicted molar refractivity (Wildman–Crippen MR) is 51.6 cm³/mol. The van der Waals surface area contributed by atoms with Crippen molar-refractivity contribution in [2.24, 2.45) is 5.92 Å². The normalized spacial score (nSPS) is 19.9. The summed E-state index contributed by atoms with van der Waals surface area (Å²) in [5, 5.41) is 0. The van der Waals surface area contributed by atoms with Gasteiger partial charge in [0, 0.05) is 6.54 Å². The molecule has 4 nitrogen and oxygen atoms in total. The molecule has 0 aromatic rings. The number of carbonyl (C=O) groups excluding carboxylic acids is 2. The maximum atomic E-state index is 10.7. The van der Waals surface area contributed by atoms with Gasteiger partial charge in [0.25, 0.3) is 0 Å². The van der Waals surface area contributed by atoms with E-state index >= 15 is 0 Å². The van der Waals surface area contributed by atoms with Gasteiger partial charge in [-0.2, -0.15) is 0 Å². The highest BCUT2D eigenvalue weighted by atomic mass is 16.5. The monoisotopic (exact) mass is 199 g/mol. The van der Waals surface area contributed by atoms with E-state index in [0.717, 1.165) is 0 Å². The molecule has 2 unspecified atom stereocenters. The summed E-state index contributed by atoms with van der Waals surface area (Å²) in [4.78, 5) is 22.7. The number of amides is 1. The molecule has 0 bridgehead atoms. The molecule has 0 aromatic carbocycles. The molecule has 0 N–H and O–H groups in total. The van der Waals surface area contributed by atoms with Crippen molar-refractivity contribution in [1.29, 1.82) is 0 Å². The molecule has 0 spiro atoms. The number of hydrogen-bond acceptors (Lipinski definition) is 3. The first-order chi connectivity index (χ1) is 6.72. The molecule has 80 valence electrons. The average molecular weight is 199 g/mol. The Labute approximate surface area is 84.2 Å². The first-order valence-electron chi connectivity index (χ1n) is 5.04. The molecule has 1 fully saturated rings. The van der Waals surface area contributed by atoms with Crippen LogP contribution in [0.3, 0.4) is 0 Å². The number of carbonyl (C=O) groups is 2. The number of likely N-dealkylation sites (N-methyl/N-ethyl adjacent to an activating group) is 1. The molecular weight excluding hydrogens is 182 g/mol. The summed E-state index contributed by atoms with van der Waals surface area (Å²) in [5.74, 6) is 0.572. The molecule has 1 amide bonds. The van der Waals surface area contributed by atoms with E-state index in [-0.39, 0.29) is 6.10 Å². The molecule has 1 aliphatic carbocycles. The van der Waals surface area contributed by atoms with Crippen LogP contribution < -0.4 is 0 Å². The second-order valence-electron chi connectivity index (χ2n) is 3.64. The zero-order chi connectivity index (χ0) is 10.6. The highest BCUT2D eigenvalue weighted by Crippen LogP contribution is 2.34. The summed E-state index contributed by atoms with van der Waals surface area (Å²) in [6.45, 7) is 4.26. The lowest BCUT2D eigenvalue weighted by atomic mass is 10.3. The quantitative estimate of drug-likeness (QED) is 0.450. The van der Waals surface area contributed by atoms with E-state index in [2.05, 4.69) is 0 Å². The largest absolute Gasteiger partial charge is 0.348 e. The molecule has 0 radical (unpaired) electrons. The smallest absolute Gasteiger partial charge is 0.212 e. The summed E-state index contributed by atoms with van der Waals surface area (Å²) < 4.78 is 5.49. The first kappa shape index (κ1) is 11.2. The highest BCUT2D eigenvalue weighted by Gasteiger charge is 2.31. The van der Waals surface area contributed by atoms with Crippen LogP contribution in [-0.2, 0) is 14.3 Å². The van der Waals surface area contributed by atoms with Crippen LogP contribution in [0.1, 0.15) is 26.7 Å². The number of nitrogens with zero attached hydrogens (tertiary/aromatic N) is 1. The van der Waals surface area contributed by atoms with Crippen molar-refractivity contribution in [3.63, 3.8) is 0 Å². The van der Waals surface area contributed by atoms with Crippen molar-refractivity contribution in [3.8, 4) is 0 Å². The van der Waals surface area contributed by atoms with Gasteiger partial charge < -0.3 is 9.64 Å². The summed E-state index contributed by atoms with van der Waals surface area (Å²) in [6, 6.07) is 0. The minimum absolute atomic E-state index is 0.0687. The van der Waals surface area contributed by atoms with Gasteiger partial charge in [-0.3, -0.25) is 9.59 Å². The molecule has 1 rings (SSSR count). The predicted octanol–water partition coefficient (Wildman–Crippen LogP) is 0.805. The lowest BCUT2D eigenvalue weighted by molar-refractivity contribution is -0.149. The minimum Gasteiger partial charge on any atom is -0.348 e. The molecule has 0 aliphatic heterocycles. The molecule has 2 atom stereocenters. The topological polar surface area (TPSA) is 46.6 Å². The van der Waals surface area contributed by atoms with Gasteiger partial charge in [-0.25, -0.2) is 0 Å². The zero-order valence-corrected chi connectivity index (χ0v) is 8.68. The second-order valence-corrected chi connectivity index (χ2v) is 3.64. The van der Waals surface area contributed by atoms with E-state index in [1.165, 1.54) is 17.7 Å². The fraction of sp³-hybridized carbons (Fsp3) is 0.800. The summed E-state index contributed by atoms with van der Waals surface area (Å²) in [7, 11) is 0. The fourth-order valence-electron chi connectivity index (χ4n) is 1.40. The minimum atomic E-state index is -0.715. The maximum Gasteiger partial charge on any atom is 0.212 e. The Morgan fingerprint density at radius 1 is 1.50 bits per heavy atom. The third kappa shape index (κ3) is 2.80.